The molecule has 5 nitrogen and oxygen atoms in total. The van der Waals surface area contributed by atoms with Crippen molar-refractivity contribution in [2.75, 3.05) is 5.43 Å². The van der Waals surface area contributed by atoms with Crippen molar-refractivity contribution in [3.8, 4) is 0 Å². The standard InChI is InChI=1S/C14H18N4OS/c1-8-6-12(18-15)11(7-16-8)14(19)17-10(3)13-5-4-9(2)20-13/h4-7,10H,15H2,1-3H3,(H,16,18)(H,17,19). The highest BCUT2D eigenvalue weighted by molar-refractivity contribution is 7.12. The van der Waals surface area contributed by atoms with Crippen molar-refractivity contribution in [3.63, 3.8) is 0 Å². The Labute approximate surface area is 122 Å². The third kappa shape index (κ3) is 3.15. The predicted molar refractivity (Wildman–Crippen MR) is 81.7 cm³/mol. The molecule has 0 bridgehead atoms. The number of carbonyl (C=O) groups excluding carboxylic acids is 1. The molecule has 2 rings (SSSR count). The maximum absolute atomic E-state index is 12.3. The topological polar surface area (TPSA) is 80.0 Å². The van der Waals surface area contributed by atoms with Gasteiger partial charge in [-0.1, -0.05) is 0 Å². The molecule has 20 heavy (non-hydrogen) atoms. The molecule has 0 aliphatic rings. The van der Waals surface area contributed by atoms with E-state index in [4.69, 9.17) is 5.84 Å². The first-order chi connectivity index (χ1) is 9.51. The first kappa shape index (κ1) is 14.5. The lowest BCUT2D eigenvalue weighted by Crippen LogP contribution is -2.27. The average molecular weight is 290 g/mol. The fourth-order valence-corrected chi connectivity index (χ4v) is 2.77. The molecule has 0 aliphatic carbocycles. The third-order valence-electron chi connectivity index (χ3n) is 2.98. The van der Waals surface area contributed by atoms with E-state index in [0.717, 1.165) is 10.6 Å². The lowest BCUT2D eigenvalue weighted by atomic mass is 10.2. The Kier molecular flexibility index (Phi) is 4.36. The number of nitrogen functional groups attached to an aromatic ring is 1. The molecule has 0 radical (unpaired) electrons. The van der Waals surface area contributed by atoms with Crippen LogP contribution >= 0.6 is 11.3 Å². The van der Waals surface area contributed by atoms with Gasteiger partial charge in [0.15, 0.2) is 0 Å². The summed E-state index contributed by atoms with van der Waals surface area (Å²) in [5.41, 5.74) is 4.35. The van der Waals surface area contributed by atoms with Crippen LogP contribution in [0.3, 0.4) is 0 Å². The summed E-state index contributed by atoms with van der Waals surface area (Å²) < 4.78 is 0. The number of carbonyl (C=O) groups is 1. The largest absolute Gasteiger partial charge is 0.345 e. The Morgan fingerprint density at radius 3 is 2.75 bits per heavy atom. The summed E-state index contributed by atoms with van der Waals surface area (Å²) in [5.74, 6) is 5.26. The summed E-state index contributed by atoms with van der Waals surface area (Å²) in [5, 5.41) is 2.96. The monoisotopic (exact) mass is 290 g/mol. The van der Waals surface area contributed by atoms with Crippen LogP contribution < -0.4 is 16.6 Å². The number of hydrogen-bond donors (Lipinski definition) is 3. The summed E-state index contributed by atoms with van der Waals surface area (Å²) in [6.45, 7) is 5.85. The van der Waals surface area contributed by atoms with Gasteiger partial charge in [0.2, 0.25) is 0 Å². The number of thiophene rings is 1. The summed E-state index contributed by atoms with van der Waals surface area (Å²) >= 11 is 1.67. The number of nitrogens with zero attached hydrogens (tertiary/aromatic N) is 1. The fraction of sp³-hybridized carbons (Fsp3) is 0.286. The van der Waals surface area contributed by atoms with E-state index in [1.165, 1.54) is 11.1 Å². The van der Waals surface area contributed by atoms with Crippen LogP contribution in [0.15, 0.2) is 24.4 Å². The van der Waals surface area contributed by atoms with Crippen molar-refractivity contribution in [1.82, 2.24) is 10.3 Å². The Hall–Kier alpha value is -1.92. The molecule has 2 aromatic heterocycles. The van der Waals surface area contributed by atoms with E-state index in [9.17, 15) is 4.79 Å². The lowest BCUT2D eigenvalue weighted by Gasteiger charge is -2.14. The highest BCUT2D eigenvalue weighted by Gasteiger charge is 2.16. The molecule has 1 atom stereocenters. The zero-order valence-electron chi connectivity index (χ0n) is 11.7. The Morgan fingerprint density at radius 1 is 1.40 bits per heavy atom. The minimum absolute atomic E-state index is 0.0480. The second kappa shape index (κ2) is 6.02. The molecule has 0 aliphatic heterocycles. The minimum Gasteiger partial charge on any atom is -0.345 e. The Morgan fingerprint density at radius 2 is 2.15 bits per heavy atom. The minimum atomic E-state index is -0.191. The molecular formula is C14H18N4OS. The smallest absolute Gasteiger partial charge is 0.255 e. The molecule has 1 unspecified atom stereocenters. The van der Waals surface area contributed by atoms with Crippen LogP contribution in [0.4, 0.5) is 5.69 Å². The van der Waals surface area contributed by atoms with Gasteiger partial charge in [-0.15, -0.1) is 11.3 Å². The maximum Gasteiger partial charge on any atom is 0.255 e. The van der Waals surface area contributed by atoms with Crippen molar-refractivity contribution in [2.45, 2.75) is 26.8 Å². The summed E-state index contributed by atoms with van der Waals surface area (Å²) in [6.07, 6.45) is 1.53. The Balaban J connectivity index is 2.16. The second-order valence-corrected chi connectivity index (χ2v) is 5.98. The van der Waals surface area contributed by atoms with Crippen molar-refractivity contribution >= 4 is 22.9 Å². The summed E-state index contributed by atoms with van der Waals surface area (Å²) in [6, 6.07) is 5.77. The van der Waals surface area contributed by atoms with Crippen LogP contribution in [0.25, 0.3) is 0 Å². The number of aryl methyl sites for hydroxylation is 2. The van der Waals surface area contributed by atoms with Gasteiger partial charge < -0.3 is 10.7 Å². The molecule has 0 saturated heterocycles. The molecule has 6 heteroatoms. The number of anilines is 1. The van der Waals surface area contributed by atoms with Gasteiger partial charge in [0.25, 0.3) is 5.91 Å². The molecule has 0 spiro atoms. The molecule has 2 heterocycles. The highest BCUT2D eigenvalue weighted by atomic mass is 32.1. The number of nitrogens with two attached hydrogens (primary N) is 1. The van der Waals surface area contributed by atoms with E-state index in [-0.39, 0.29) is 11.9 Å². The SMILES string of the molecule is Cc1cc(NN)c(C(=O)NC(C)c2ccc(C)s2)cn1. The quantitative estimate of drug-likeness (QED) is 0.597. The molecule has 106 valence electrons. The summed E-state index contributed by atoms with van der Waals surface area (Å²) in [4.78, 5) is 18.8. The van der Waals surface area contributed by atoms with E-state index in [1.54, 1.807) is 17.4 Å². The number of hydrazine groups is 1. The fourth-order valence-electron chi connectivity index (χ4n) is 1.89. The van der Waals surface area contributed by atoms with Gasteiger partial charge >= 0.3 is 0 Å². The van der Waals surface area contributed by atoms with E-state index in [1.807, 2.05) is 32.9 Å². The van der Waals surface area contributed by atoms with Gasteiger partial charge in [0.1, 0.15) is 0 Å². The van der Waals surface area contributed by atoms with Crippen molar-refractivity contribution in [2.24, 2.45) is 5.84 Å². The number of hydrogen-bond acceptors (Lipinski definition) is 5. The van der Waals surface area contributed by atoms with Crippen molar-refractivity contribution in [3.05, 3.63) is 45.4 Å². The van der Waals surface area contributed by atoms with Gasteiger partial charge in [-0.2, -0.15) is 0 Å². The molecule has 0 aromatic carbocycles. The zero-order chi connectivity index (χ0) is 14.7. The van der Waals surface area contributed by atoms with Crippen LogP contribution in [0.5, 0.6) is 0 Å². The number of aromatic nitrogens is 1. The number of rotatable bonds is 4. The zero-order valence-corrected chi connectivity index (χ0v) is 12.5. The van der Waals surface area contributed by atoms with Gasteiger partial charge in [-0.05, 0) is 39.0 Å². The normalized spacial score (nSPS) is 12.0. The number of amides is 1. The third-order valence-corrected chi connectivity index (χ3v) is 4.16. The van der Waals surface area contributed by atoms with Crippen LogP contribution in [-0.2, 0) is 0 Å². The lowest BCUT2D eigenvalue weighted by molar-refractivity contribution is 0.0941. The van der Waals surface area contributed by atoms with E-state index in [0.29, 0.717) is 11.3 Å². The number of pyridine rings is 1. The molecule has 4 N–H and O–H groups in total. The van der Waals surface area contributed by atoms with E-state index < -0.39 is 0 Å². The second-order valence-electron chi connectivity index (χ2n) is 4.66. The van der Waals surface area contributed by atoms with Gasteiger partial charge in [-0.3, -0.25) is 15.6 Å². The molecule has 1 amide bonds. The Bertz CT molecular complexity index is 623. The van der Waals surface area contributed by atoms with Crippen molar-refractivity contribution in [1.29, 1.82) is 0 Å². The highest BCUT2D eigenvalue weighted by Crippen LogP contribution is 2.23. The van der Waals surface area contributed by atoms with Crippen LogP contribution in [0, 0.1) is 13.8 Å². The first-order valence-corrected chi connectivity index (χ1v) is 7.13. The van der Waals surface area contributed by atoms with Crippen LogP contribution in [0.2, 0.25) is 0 Å². The van der Waals surface area contributed by atoms with Gasteiger partial charge in [-0.25, -0.2) is 0 Å². The number of nitrogens with one attached hydrogen (secondary N) is 2. The predicted octanol–water partition coefficient (Wildman–Crippen LogP) is 2.54. The first-order valence-electron chi connectivity index (χ1n) is 6.31. The van der Waals surface area contributed by atoms with Crippen LogP contribution in [0.1, 0.15) is 38.8 Å². The van der Waals surface area contributed by atoms with Gasteiger partial charge in [0, 0.05) is 21.6 Å². The van der Waals surface area contributed by atoms with Crippen LogP contribution in [-0.4, -0.2) is 10.9 Å². The van der Waals surface area contributed by atoms with Gasteiger partial charge in [0.05, 0.1) is 17.3 Å². The maximum atomic E-state index is 12.3. The van der Waals surface area contributed by atoms with E-state index >= 15 is 0 Å². The summed E-state index contributed by atoms with van der Waals surface area (Å²) in [7, 11) is 0. The molecule has 0 saturated carbocycles. The average Bonchev–Trinajstić information content (AvgIpc) is 2.85. The molecule has 2 aromatic rings. The molecular weight excluding hydrogens is 272 g/mol. The van der Waals surface area contributed by atoms with Crippen molar-refractivity contribution < 1.29 is 4.79 Å². The molecule has 0 fully saturated rings. The van der Waals surface area contributed by atoms with E-state index in [2.05, 4.69) is 15.7 Å².